The molecular formula is C30H46N6O6. The maximum absolute atomic E-state index is 13.2. The van der Waals surface area contributed by atoms with E-state index in [0.29, 0.717) is 18.3 Å². The Hall–Kier alpha value is -3.67. The van der Waals surface area contributed by atoms with Gasteiger partial charge >= 0.3 is 6.09 Å². The number of carbonyl (C=O) groups excluding carboxylic acids is 4. The average molecular weight is 587 g/mol. The van der Waals surface area contributed by atoms with E-state index < -0.39 is 29.2 Å². The molecule has 0 spiro atoms. The fourth-order valence-electron chi connectivity index (χ4n) is 5.55. The summed E-state index contributed by atoms with van der Waals surface area (Å²) in [6.07, 6.45) is 8.72. The second-order valence-corrected chi connectivity index (χ2v) is 12.5. The average Bonchev–Trinajstić information content (AvgIpc) is 2.89. The summed E-state index contributed by atoms with van der Waals surface area (Å²) in [4.78, 5) is 67.3. The summed E-state index contributed by atoms with van der Waals surface area (Å²) in [6.45, 7) is 5.88. The lowest BCUT2D eigenvalue weighted by atomic mass is 9.76. The van der Waals surface area contributed by atoms with Crippen LogP contribution in [0.15, 0.2) is 35.3 Å². The van der Waals surface area contributed by atoms with Crippen LogP contribution >= 0.6 is 0 Å². The largest absolute Gasteiger partial charge is 0.444 e. The quantitative estimate of drug-likeness (QED) is 0.357. The molecule has 1 aromatic rings. The molecule has 42 heavy (non-hydrogen) atoms. The van der Waals surface area contributed by atoms with Crippen LogP contribution in [-0.4, -0.2) is 83.7 Å². The molecule has 1 saturated carbocycles. The fraction of sp³-hybridized carbons (Fsp3) is 0.633. The minimum absolute atomic E-state index is 0.0190. The first kappa shape index (κ1) is 32.8. The monoisotopic (exact) mass is 586 g/mol. The minimum atomic E-state index is -1.04. The maximum atomic E-state index is 13.2. The van der Waals surface area contributed by atoms with E-state index in [-0.39, 0.29) is 36.6 Å². The van der Waals surface area contributed by atoms with Crippen LogP contribution in [0.2, 0.25) is 0 Å². The van der Waals surface area contributed by atoms with E-state index in [1.54, 1.807) is 47.0 Å². The fourth-order valence-corrected chi connectivity index (χ4v) is 5.55. The van der Waals surface area contributed by atoms with E-state index in [9.17, 15) is 24.0 Å². The molecule has 2 bridgehead atoms. The molecular weight excluding hydrogens is 540 g/mol. The van der Waals surface area contributed by atoms with E-state index in [0.717, 1.165) is 19.4 Å². The number of allylic oxidation sites excluding steroid dienone is 1. The van der Waals surface area contributed by atoms with Crippen molar-refractivity contribution in [2.75, 3.05) is 33.0 Å². The second kappa shape index (κ2) is 14.5. The molecule has 3 rings (SSSR count). The Balaban J connectivity index is 1.67. The van der Waals surface area contributed by atoms with Crippen LogP contribution in [0.3, 0.4) is 0 Å². The molecule has 1 aliphatic carbocycles. The van der Waals surface area contributed by atoms with Crippen LogP contribution in [0, 0.1) is 11.8 Å². The maximum Gasteiger partial charge on any atom is 0.408 e. The van der Waals surface area contributed by atoms with Crippen LogP contribution in [0.5, 0.6) is 0 Å². The lowest BCUT2D eigenvalue weighted by Gasteiger charge is -2.46. The van der Waals surface area contributed by atoms with Crippen LogP contribution in [0.1, 0.15) is 59.3 Å². The number of anilines is 1. The van der Waals surface area contributed by atoms with Gasteiger partial charge in [0.25, 0.3) is 5.56 Å². The first-order chi connectivity index (χ1) is 19.7. The summed E-state index contributed by atoms with van der Waals surface area (Å²) in [5.74, 6) is -0.0229. The number of amides is 4. The predicted molar refractivity (Wildman–Crippen MR) is 160 cm³/mol. The van der Waals surface area contributed by atoms with Gasteiger partial charge in [-0.15, -0.1) is 0 Å². The highest BCUT2D eigenvalue weighted by Gasteiger charge is 2.37. The van der Waals surface area contributed by atoms with Gasteiger partial charge in [-0.25, -0.2) is 4.79 Å². The number of likely N-dealkylation sites (tertiary alicyclic amines) is 1. The molecule has 4 amide bonds. The number of pyridine rings is 1. The number of piperidine rings is 1. The van der Waals surface area contributed by atoms with Crippen molar-refractivity contribution in [3.63, 3.8) is 0 Å². The molecule has 0 aromatic carbocycles. The summed E-state index contributed by atoms with van der Waals surface area (Å²) in [7, 11) is 5.28. The smallest absolute Gasteiger partial charge is 0.408 e. The van der Waals surface area contributed by atoms with Crippen LogP contribution < -0.4 is 21.5 Å². The van der Waals surface area contributed by atoms with Gasteiger partial charge in [-0.2, -0.15) is 0 Å². The van der Waals surface area contributed by atoms with Crippen LogP contribution in [0.25, 0.3) is 0 Å². The molecule has 4 unspecified atom stereocenters. The highest BCUT2D eigenvalue weighted by molar-refractivity contribution is 5.96. The lowest BCUT2D eigenvalue weighted by Crippen LogP contribution is -2.57. The number of rotatable bonds is 10. The first-order valence-electron chi connectivity index (χ1n) is 14.6. The summed E-state index contributed by atoms with van der Waals surface area (Å²) in [5, 5.41) is 8.26. The van der Waals surface area contributed by atoms with Gasteiger partial charge in [-0.3, -0.25) is 24.1 Å². The third-order valence-corrected chi connectivity index (χ3v) is 7.52. The first-order valence-corrected chi connectivity index (χ1v) is 14.6. The number of nitrogens with zero attached hydrogens (tertiary/aromatic N) is 3. The molecule has 1 saturated heterocycles. The van der Waals surface area contributed by atoms with Crippen molar-refractivity contribution in [2.24, 2.45) is 11.8 Å². The Labute approximate surface area is 247 Å². The number of nitrogens with one attached hydrogen (secondary N) is 3. The zero-order valence-corrected chi connectivity index (χ0v) is 25.6. The van der Waals surface area contributed by atoms with Crippen LogP contribution in [-0.2, 0) is 25.7 Å². The molecule has 12 heteroatoms. The van der Waals surface area contributed by atoms with Gasteiger partial charge in [0.2, 0.25) is 17.7 Å². The number of ether oxygens (including phenoxy) is 1. The molecule has 2 fully saturated rings. The highest BCUT2D eigenvalue weighted by Crippen LogP contribution is 2.36. The third kappa shape index (κ3) is 9.71. The molecule has 2 heterocycles. The number of fused-ring (bicyclic) bond motifs is 2. The molecule has 0 radical (unpaired) electrons. The van der Waals surface area contributed by atoms with Gasteiger partial charge in [0, 0.05) is 26.8 Å². The summed E-state index contributed by atoms with van der Waals surface area (Å²) < 4.78 is 6.56. The van der Waals surface area contributed by atoms with Crippen molar-refractivity contribution in [1.29, 1.82) is 0 Å². The van der Waals surface area contributed by atoms with Gasteiger partial charge in [0.1, 0.15) is 23.9 Å². The number of hydrogen-bond donors (Lipinski definition) is 3. The molecule has 2 aliphatic rings. The molecule has 4 atom stereocenters. The second-order valence-electron chi connectivity index (χ2n) is 12.5. The van der Waals surface area contributed by atoms with Crippen molar-refractivity contribution < 1.29 is 23.9 Å². The molecule has 1 aromatic heterocycles. The minimum Gasteiger partial charge on any atom is -0.444 e. The van der Waals surface area contributed by atoms with E-state index in [4.69, 9.17) is 4.74 Å². The van der Waals surface area contributed by atoms with Gasteiger partial charge in [0.15, 0.2) is 0 Å². The summed E-state index contributed by atoms with van der Waals surface area (Å²) in [6, 6.07) is 1.98. The molecule has 232 valence electrons. The molecule has 12 nitrogen and oxygen atoms in total. The van der Waals surface area contributed by atoms with Gasteiger partial charge in [-0.05, 0) is 90.0 Å². The predicted octanol–water partition coefficient (Wildman–Crippen LogP) is 2.30. The van der Waals surface area contributed by atoms with Crippen molar-refractivity contribution >= 4 is 29.5 Å². The Morgan fingerprint density at radius 3 is 2.62 bits per heavy atom. The lowest BCUT2D eigenvalue weighted by molar-refractivity contribution is -0.126. The zero-order valence-electron chi connectivity index (χ0n) is 25.6. The van der Waals surface area contributed by atoms with E-state index >= 15 is 0 Å². The Kier molecular flexibility index (Phi) is 11.3. The number of carbonyl (C=O) groups is 4. The van der Waals surface area contributed by atoms with Crippen molar-refractivity contribution in [3.8, 4) is 0 Å². The Morgan fingerprint density at radius 2 is 1.93 bits per heavy atom. The Bertz CT molecular complexity index is 1220. The number of hydrogen-bond acceptors (Lipinski definition) is 7. The van der Waals surface area contributed by atoms with E-state index in [1.165, 1.54) is 40.6 Å². The van der Waals surface area contributed by atoms with Gasteiger partial charge in [-0.1, -0.05) is 12.5 Å². The van der Waals surface area contributed by atoms with Gasteiger partial charge < -0.3 is 30.2 Å². The highest BCUT2D eigenvalue weighted by atomic mass is 16.6. The number of aromatic nitrogens is 1. The summed E-state index contributed by atoms with van der Waals surface area (Å²) in [5.41, 5.74) is -1.33. The van der Waals surface area contributed by atoms with Gasteiger partial charge in [0.05, 0.1) is 6.17 Å². The Morgan fingerprint density at radius 1 is 1.19 bits per heavy atom. The third-order valence-electron chi connectivity index (χ3n) is 7.52. The number of alkyl carbamates (subject to hydrolysis) is 1. The van der Waals surface area contributed by atoms with Crippen LogP contribution in [0.4, 0.5) is 10.5 Å². The zero-order chi connectivity index (χ0) is 31.0. The topological polar surface area (TPSA) is 142 Å². The van der Waals surface area contributed by atoms with Crippen molar-refractivity contribution in [1.82, 2.24) is 25.0 Å². The van der Waals surface area contributed by atoms with Crippen molar-refractivity contribution in [2.45, 2.75) is 83.6 Å². The standard InChI is InChI=1S/C30H46N6O6/c1-30(2,3)42-29(41)32-22(13-7-8-15-25(38)34(4)5)27(39)31-23-14-10-16-36(28(23)40)19-24(37)33-26-21-12-9-11-20(17-21)18-35(26)6/h8,10,14-16,20-22,26H,7,9,11-13,17-19H2,1-6H3,(H,31,39)(H,32,41)(H,33,37)/b15-8+. The summed E-state index contributed by atoms with van der Waals surface area (Å²) >= 11 is 0. The van der Waals surface area contributed by atoms with E-state index in [1.807, 2.05) is 7.05 Å². The van der Waals surface area contributed by atoms with Crippen molar-refractivity contribution in [3.05, 3.63) is 40.8 Å². The SMILES string of the molecule is CN(C)C(=O)/C=C/CCC(NC(=O)OC(C)(C)C)C(=O)Nc1cccn(CC(=O)NC2C3CCCC(C3)CN2C)c1=O. The number of likely N-dealkylation sites (N-methyl/N-ethyl adjacent to an activating group) is 1. The molecule has 3 N–H and O–H groups in total. The molecule has 1 aliphatic heterocycles. The normalized spacial score (nSPS) is 21.3. The van der Waals surface area contributed by atoms with E-state index in [2.05, 4.69) is 20.9 Å².